The summed E-state index contributed by atoms with van der Waals surface area (Å²) in [6, 6.07) is 8.27. The normalized spacial score (nSPS) is 21.7. The molecule has 2 atom stereocenters. The fourth-order valence-electron chi connectivity index (χ4n) is 3.97. The number of carboxylic acid groups (broad SMARTS) is 1. The highest BCUT2D eigenvalue weighted by atomic mass is 32.1. The summed E-state index contributed by atoms with van der Waals surface area (Å²) in [4.78, 5) is 18.1. The number of aliphatic carboxylic acids is 1. The van der Waals surface area contributed by atoms with Crippen molar-refractivity contribution >= 4 is 17.3 Å². The van der Waals surface area contributed by atoms with Crippen LogP contribution in [0.25, 0.3) is 10.6 Å². The summed E-state index contributed by atoms with van der Waals surface area (Å²) in [5.74, 6) is 0.421. The SMILES string of the molecule is Cc1ccc(-c2nc(Cc3nnn(C4(C(=O)O)CCC(C(C)C)C4)n3)cs2)cc1. The van der Waals surface area contributed by atoms with E-state index in [-0.39, 0.29) is 0 Å². The first kappa shape index (κ1) is 19.7. The summed E-state index contributed by atoms with van der Waals surface area (Å²) < 4.78 is 0. The molecule has 4 rings (SSSR count). The minimum absolute atomic E-state index is 0.358. The monoisotopic (exact) mass is 411 g/mol. The molecular formula is C21H25N5O2S. The molecule has 0 bridgehead atoms. The fourth-order valence-corrected chi connectivity index (χ4v) is 4.79. The average molecular weight is 412 g/mol. The summed E-state index contributed by atoms with van der Waals surface area (Å²) >= 11 is 1.58. The summed E-state index contributed by atoms with van der Waals surface area (Å²) in [7, 11) is 0. The Bertz CT molecular complexity index is 1010. The molecule has 2 heterocycles. The summed E-state index contributed by atoms with van der Waals surface area (Å²) in [5, 5.41) is 25.6. The van der Waals surface area contributed by atoms with Crippen LogP contribution < -0.4 is 0 Å². The number of rotatable bonds is 6. The molecule has 0 saturated heterocycles. The molecule has 1 N–H and O–H groups in total. The first-order chi connectivity index (χ1) is 13.9. The van der Waals surface area contributed by atoms with Gasteiger partial charge in [0, 0.05) is 10.9 Å². The zero-order valence-corrected chi connectivity index (χ0v) is 17.7. The quantitative estimate of drug-likeness (QED) is 0.660. The van der Waals surface area contributed by atoms with Crippen LogP contribution in [0.15, 0.2) is 29.6 Å². The Hall–Kier alpha value is -2.61. The number of carboxylic acids is 1. The molecule has 29 heavy (non-hydrogen) atoms. The van der Waals surface area contributed by atoms with Gasteiger partial charge in [-0.15, -0.1) is 26.3 Å². The molecule has 2 aromatic heterocycles. The number of hydrogen-bond acceptors (Lipinski definition) is 6. The van der Waals surface area contributed by atoms with E-state index >= 15 is 0 Å². The molecular weight excluding hydrogens is 386 g/mol. The lowest BCUT2D eigenvalue weighted by Crippen LogP contribution is -2.41. The van der Waals surface area contributed by atoms with Gasteiger partial charge in [-0.2, -0.15) is 0 Å². The van der Waals surface area contributed by atoms with E-state index in [2.05, 4.69) is 65.4 Å². The molecule has 1 aliphatic carbocycles. The third-order valence-corrected chi connectivity index (χ3v) is 6.84. The molecule has 152 valence electrons. The predicted molar refractivity (Wildman–Crippen MR) is 111 cm³/mol. The van der Waals surface area contributed by atoms with Gasteiger partial charge in [0.25, 0.3) is 0 Å². The average Bonchev–Trinajstić information content (AvgIpc) is 3.42. The summed E-state index contributed by atoms with van der Waals surface area (Å²) in [6.07, 6.45) is 2.39. The van der Waals surface area contributed by atoms with Crippen molar-refractivity contribution in [3.8, 4) is 10.6 Å². The Morgan fingerprint density at radius 1 is 1.34 bits per heavy atom. The highest BCUT2D eigenvalue weighted by Gasteiger charge is 2.50. The number of nitrogens with zero attached hydrogens (tertiary/aromatic N) is 5. The van der Waals surface area contributed by atoms with Gasteiger partial charge in [-0.05, 0) is 43.2 Å². The Morgan fingerprint density at radius 3 is 2.76 bits per heavy atom. The molecule has 1 aromatic carbocycles. The fraction of sp³-hybridized carbons (Fsp3) is 0.476. The maximum absolute atomic E-state index is 12.1. The summed E-state index contributed by atoms with van der Waals surface area (Å²) in [6.45, 7) is 6.33. The molecule has 0 amide bonds. The molecule has 0 spiro atoms. The van der Waals surface area contributed by atoms with E-state index in [0.29, 0.717) is 36.9 Å². The number of benzene rings is 1. The number of hydrogen-bond donors (Lipinski definition) is 1. The van der Waals surface area contributed by atoms with E-state index < -0.39 is 11.5 Å². The van der Waals surface area contributed by atoms with Crippen molar-refractivity contribution in [2.24, 2.45) is 11.8 Å². The Kier molecular flexibility index (Phi) is 5.21. The van der Waals surface area contributed by atoms with E-state index in [1.54, 1.807) is 11.3 Å². The van der Waals surface area contributed by atoms with Crippen molar-refractivity contribution in [1.29, 1.82) is 0 Å². The van der Waals surface area contributed by atoms with Gasteiger partial charge in [0.1, 0.15) is 5.01 Å². The Balaban J connectivity index is 1.52. The molecule has 7 nitrogen and oxygen atoms in total. The topological polar surface area (TPSA) is 93.8 Å². The number of aryl methyl sites for hydroxylation is 1. The smallest absolute Gasteiger partial charge is 0.333 e. The zero-order valence-electron chi connectivity index (χ0n) is 16.9. The van der Waals surface area contributed by atoms with E-state index in [1.165, 1.54) is 10.4 Å². The van der Waals surface area contributed by atoms with Crippen molar-refractivity contribution in [3.05, 3.63) is 46.7 Å². The summed E-state index contributed by atoms with van der Waals surface area (Å²) in [5.41, 5.74) is 2.07. The number of aromatic nitrogens is 5. The second kappa shape index (κ2) is 7.67. The number of thiazole rings is 1. The number of carbonyl (C=O) groups is 1. The first-order valence-corrected chi connectivity index (χ1v) is 10.8. The van der Waals surface area contributed by atoms with E-state index in [9.17, 15) is 9.90 Å². The highest BCUT2D eigenvalue weighted by Crippen LogP contribution is 2.43. The van der Waals surface area contributed by atoms with Crippen molar-refractivity contribution in [3.63, 3.8) is 0 Å². The minimum Gasteiger partial charge on any atom is -0.479 e. The van der Waals surface area contributed by atoms with Crippen LogP contribution in [0.5, 0.6) is 0 Å². The standard InChI is InChI=1S/C21H25N5O2S/c1-13(2)16-8-9-21(11-16,20(27)28)26-24-18(23-25-26)10-17-12-29-19(22-17)15-6-4-14(3)5-7-15/h4-7,12-13,16H,8-11H2,1-3H3,(H,27,28). The van der Waals surface area contributed by atoms with Gasteiger partial charge >= 0.3 is 5.97 Å². The maximum atomic E-state index is 12.1. The van der Waals surface area contributed by atoms with Crippen LogP contribution in [0.3, 0.4) is 0 Å². The predicted octanol–water partition coefficient (Wildman–Crippen LogP) is 3.93. The van der Waals surface area contributed by atoms with Gasteiger partial charge < -0.3 is 5.11 Å². The van der Waals surface area contributed by atoms with E-state index in [4.69, 9.17) is 0 Å². The largest absolute Gasteiger partial charge is 0.479 e. The van der Waals surface area contributed by atoms with E-state index in [0.717, 1.165) is 22.7 Å². The molecule has 2 unspecified atom stereocenters. The van der Waals surface area contributed by atoms with Crippen LogP contribution in [0.4, 0.5) is 0 Å². The van der Waals surface area contributed by atoms with Crippen LogP contribution >= 0.6 is 11.3 Å². The van der Waals surface area contributed by atoms with Gasteiger partial charge in [-0.25, -0.2) is 9.78 Å². The van der Waals surface area contributed by atoms with Gasteiger partial charge in [0.15, 0.2) is 11.4 Å². The Labute approximate surface area is 173 Å². The first-order valence-electron chi connectivity index (χ1n) is 9.91. The second-order valence-corrected chi connectivity index (χ2v) is 9.12. The third kappa shape index (κ3) is 3.81. The zero-order chi connectivity index (χ0) is 20.6. The lowest BCUT2D eigenvalue weighted by Gasteiger charge is -2.23. The highest BCUT2D eigenvalue weighted by molar-refractivity contribution is 7.13. The van der Waals surface area contributed by atoms with Crippen molar-refractivity contribution in [2.75, 3.05) is 0 Å². The molecule has 0 radical (unpaired) electrons. The lowest BCUT2D eigenvalue weighted by molar-refractivity contribution is -0.148. The van der Waals surface area contributed by atoms with Crippen LogP contribution in [-0.4, -0.2) is 36.3 Å². The van der Waals surface area contributed by atoms with Crippen LogP contribution in [0.1, 0.15) is 50.2 Å². The lowest BCUT2D eigenvalue weighted by atomic mass is 9.91. The molecule has 1 aliphatic rings. The van der Waals surface area contributed by atoms with Crippen molar-refractivity contribution in [2.45, 2.75) is 52.0 Å². The maximum Gasteiger partial charge on any atom is 0.333 e. The van der Waals surface area contributed by atoms with Crippen molar-refractivity contribution in [1.82, 2.24) is 25.2 Å². The van der Waals surface area contributed by atoms with Gasteiger partial charge in [0.05, 0.1) is 12.1 Å². The molecule has 1 fully saturated rings. The second-order valence-electron chi connectivity index (χ2n) is 8.27. The van der Waals surface area contributed by atoms with Crippen molar-refractivity contribution < 1.29 is 9.90 Å². The molecule has 1 saturated carbocycles. The van der Waals surface area contributed by atoms with Gasteiger partial charge in [0.2, 0.25) is 0 Å². The van der Waals surface area contributed by atoms with Crippen LogP contribution in [0.2, 0.25) is 0 Å². The molecule has 3 aromatic rings. The van der Waals surface area contributed by atoms with Crippen LogP contribution in [0, 0.1) is 18.8 Å². The number of tetrazole rings is 1. The Morgan fingerprint density at radius 2 is 2.10 bits per heavy atom. The van der Waals surface area contributed by atoms with E-state index in [1.807, 2.05) is 5.38 Å². The molecule has 8 heteroatoms. The third-order valence-electron chi connectivity index (χ3n) is 5.90. The van der Waals surface area contributed by atoms with Crippen LogP contribution in [-0.2, 0) is 16.8 Å². The van der Waals surface area contributed by atoms with Gasteiger partial charge in [-0.1, -0.05) is 43.7 Å². The minimum atomic E-state index is -1.09. The van der Waals surface area contributed by atoms with Gasteiger partial charge in [-0.3, -0.25) is 0 Å². The molecule has 0 aliphatic heterocycles.